The molecule has 5 nitrogen and oxygen atoms in total. The third kappa shape index (κ3) is 5.00. The Bertz CT molecular complexity index is 885. The van der Waals surface area contributed by atoms with Crippen LogP contribution in [0.1, 0.15) is 16.1 Å². The molecule has 0 atom stereocenters. The quantitative estimate of drug-likeness (QED) is 0.683. The van der Waals surface area contributed by atoms with Crippen molar-refractivity contribution in [1.82, 2.24) is 9.97 Å². The molecule has 0 saturated carbocycles. The molecule has 0 fully saturated rings. The van der Waals surface area contributed by atoms with Crippen molar-refractivity contribution in [2.45, 2.75) is 6.42 Å². The Hall–Kier alpha value is -2.99. The molecule has 132 valence electrons. The van der Waals surface area contributed by atoms with Crippen molar-refractivity contribution < 1.29 is 9.18 Å². The van der Waals surface area contributed by atoms with Gasteiger partial charge in [0.05, 0.1) is 12.4 Å². The molecule has 7 heteroatoms. The van der Waals surface area contributed by atoms with E-state index in [0.717, 1.165) is 12.0 Å². The molecule has 0 bridgehead atoms. The van der Waals surface area contributed by atoms with Crippen LogP contribution in [0.2, 0.25) is 5.02 Å². The molecule has 1 aromatic heterocycles. The average Bonchev–Trinajstić information content (AvgIpc) is 2.64. The Morgan fingerprint density at radius 3 is 2.58 bits per heavy atom. The van der Waals surface area contributed by atoms with Crippen LogP contribution in [0.4, 0.5) is 15.9 Å². The second kappa shape index (κ2) is 8.40. The standard InChI is InChI=1S/C19H16ClFN4O/c20-14-2-1-3-16(10-14)25-19(26)17-11-24-18(12-23-17)22-9-8-13-4-6-15(21)7-5-13/h1-7,10-12H,8-9H2,(H,22,24)(H,25,26). The summed E-state index contributed by atoms with van der Waals surface area (Å²) >= 11 is 5.89. The van der Waals surface area contributed by atoms with Crippen molar-refractivity contribution >= 4 is 29.0 Å². The van der Waals surface area contributed by atoms with Gasteiger partial charge in [0.15, 0.2) is 0 Å². The first-order valence-electron chi connectivity index (χ1n) is 7.97. The Morgan fingerprint density at radius 2 is 1.88 bits per heavy atom. The number of aromatic nitrogens is 2. The van der Waals surface area contributed by atoms with Crippen LogP contribution in [0.15, 0.2) is 60.9 Å². The Kier molecular flexibility index (Phi) is 5.76. The molecule has 0 radical (unpaired) electrons. The lowest BCUT2D eigenvalue weighted by Gasteiger charge is -2.07. The molecule has 2 aromatic carbocycles. The van der Waals surface area contributed by atoms with Crippen molar-refractivity contribution in [2.24, 2.45) is 0 Å². The van der Waals surface area contributed by atoms with Gasteiger partial charge in [-0.25, -0.2) is 14.4 Å². The summed E-state index contributed by atoms with van der Waals surface area (Å²) in [6.45, 7) is 0.619. The number of nitrogens with zero attached hydrogens (tertiary/aromatic N) is 2. The van der Waals surface area contributed by atoms with Crippen LogP contribution in [0.25, 0.3) is 0 Å². The fourth-order valence-electron chi connectivity index (χ4n) is 2.28. The van der Waals surface area contributed by atoms with Gasteiger partial charge in [-0.3, -0.25) is 4.79 Å². The Morgan fingerprint density at radius 1 is 1.08 bits per heavy atom. The molecular formula is C19H16ClFN4O. The number of hydrogen-bond acceptors (Lipinski definition) is 4. The fraction of sp³-hybridized carbons (Fsp3) is 0.105. The summed E-state index contributed by atoms with van der Waals surface area (Å²) in [5.41, 5.74) is 1.81. The predicted molar refractivity (Wildman–Crippen MR) is 100 cm³/mol. The number of amides is 1. The van der Waals surface area contributed by atoms with Gasteiger partial charge in [-0.05, 0) is 42.3 Å². The number of carbonyl (C=O) groups is 1. The highest BCUT2D eigenvalue weighted by molar-refractivity contribution is 6.30. The van der Waals surface area contributed by atoms with Crippen molar-refractivity contribution in [3.63, 3.8) is 0 Å². The molecule has 1 amide bonds. The lowest BCUT2D eigenvalue weighted by molar-refractivity contribution is 0.102. The SMILES string of the molecule is O=C(Nc1cccc(Cl)c1)c1cnc(NCCc2ccc(F)cc2)cn1. The zero-order valence-corrected chi connectivity index (χ0v) is 14.5. The van der Waals surface area contributed by atoms with Crippen molar-refractivity contribution in [1.29, 1.82) is 0 Å². The summed E-state index contributed by atoms with van der Waals surface area (Å²) in [5, 5.41) is 6.36. The number of carbonyl (C=O) groups excluding carboxylic acids is 1. The zero-order valence-electron chi connectivity index (χ0n) is 13.7. The lowest BCUT2D eigenvalue weighted by Crippen LogP contribution is -2.15. The summed E-state index contributed by atoms with van der Waals surface area (Å²) in [6.07, 6.45) is 3.62. The van der Waals surface area contributed by atoms with E-state index in [-0.39, 0.29) is 17.4 Å². The molecule has 3 rings (SSSR count). The zero-order chi connectivity index (χ0) is 18.4. The van der Waals surface area contributed by atoms with Gasteiger partial charge >= 0.3 is 0 Å². The van der Waals surface area contributed by atoms with Crippen LogP contribution in [-0.4, -0.2) is 22.4 Å². The van der Waals surface area contributed by atoms with E-state index in [1.54, 1.807) is 36.4 Å². The topological polar surface area (TPSA) is 66.9 Å². The fourth-order valence-corrected chi connectivity index (χ4v) is 2.47. The smallest absolute Gasteiger partial charge is 0.275 e. The molecular weight excluding hydrogens is 355 g/mol. The van der Waals surface area contributed by atoms with E-state index in [1.807, 2.05) is 0 Å². The number of hydrogen-bond donors (Lipinski definition) is 2. The molecule has 26 heavy (non-hydrogen) atoms. The van der Waals surface area contributed by atoms with Gasteiger partial charge in [0.25, 0.3) is 5.91 Å². The number of nitrogens with one attached hydrogen (secondary N) is 2. The maximum atomic E-state index is 12.9. The van der Waals surface area contributed by atoms with Crippen LogP contribution in [0, 0.1) is 5.82 Å². The molecule has 0 aliphatic rings. The summed E-state index contributed by atoms with van der Waals surface area (Å²) in [6, 6.07) is 13.2. The average molecular weight is 371 g/mol. The molecule has 0 aliphatic carbocycles. The first-order valence-corrected chi connectivity index (χ1v) is 8.35. The minimum absolute atomic E-state index is 0.203. The monoisotopic (exact) mass is 370 g/mol. The van der Waals surface area contributed by atoms with Gasteiger partial charge in [0, 0.05) is 17.3 Å². The third-order valence-electron chi connectivity index (χ3n) is 3.60. The van der Waals surface area contributed by atoms with Gasteiger partial charge < -0.3 is 10.6 Å². The van der Waals surface area contributed by atoms with Crippen LogP contribution in [0.3, 0.4) is 0 Å². The molecule has 0 saturated heterocycles. The van der Waals surface area contributed by atoms with Crippen LogP contribution >= 0.6 is 11.6 Å². The first kappa shape index (κ1) is 17.8. The van der Waals surface area contributed by atoms with Crippen molar-refractivity contribution in [3.05, 3.63) is 83.0 Å². The Labute approximate surface area is 155 Å². The molecule has 0 aliphatic heterocycles. The van der Waals surface area contributed by atoms with Gasteiger partial charge in [-0.15, -0.1) is 0 Å². The van der Waals surface area contributed by atoms with E-state index in [0.29, 0.717) is 23.1 Å². The highest BCUT2D eigenvalue weighted by Gasteiger charge is 2.08. The number of benzene rings is 2. The highest BCUT2D eigenvalue weighted by Crippen LogP contribution is 2.15. The van der Waals surface area contributed by atoms with Crippen molar-refractivity contribution in [3.8, 4) is 0 Å². The molecule has 0 unspecified atom stereocenters. The van der Waals surface area contributed by atoms with E-state index in [2.05, 4.69) is 20.6 Å². The second-order valence-corrected chi connectivity index (χ2v) is 5.99. The highest BCUT2D eigenvalue weighted by atomic mass is 35.5. The van der Waals surface area contributed by atoms with Crippen LogP contribution < -0.4 is 10.6 Å². The van der Waals surface area contributed by atoms with E-state index >= 15 is 0 Å². The normalized spacial score (nSPS) is 10.4. The summed E-state index contributed by atoms with van der Waals surface area (Å²) in [4.78, 5) is 20.5. The summed E-state index contributed by atoms with van der Waals surface area (Å²) in [7, 11) is 0. The molecule has 2 N–H and O–H groups in total. The lowest BCUT2D eigenvalue weighted by atomic mass is 10.1. The largest absolute Gasteiger partial charge is 0.368 e. The van der Waals surface area contributed by atoms with Gasteiger partial charge in [0.2, 0.25) is 0 Å². The summed E-state index contributed by atoms with van der Waals surface area (Å²) < 4.78 is 12.9. The minimum Gasteiger partial charge on any atom is -0.368 e. The third-order valence-corrected chi connectivity index (χ3v) is 3.84. The predicted octanol–water partition coefficient (Wildman–Crippen LogP) is 4.18. The van der Waals surface area contributed by atoms with E-state index in [9.17, 15) is 9.18 Å². The Balaban J connectivity index is 1.52. The number of halogens is 2. The van der Waals surface area contributed by atoms with Gasteiger partial charge in [-0.2, -0.15) is 0 Å². The minimum atomic E-state index is -0.363. The molecule has 0 spiro atoms. The van der Waals surface area contributed by atoms with Gasteiger partial charge in [-0.1, -0.05) is 29.8 Å². The second-order valence-electron chi connectivity index (χ2n) is 5.55. The van der Waals surface area contributed by atoms with Crippen molar-refractivity contribution in [2.75, 3.05) is 17.2 Å². The van der Waals surface area contributed by atoms with E-state index < -0.39 is 0 Å². The van der Waals surface area contributed by atoms with Gasteiger partial charge in [0.1, 0.15) is 17.3 Å². The van der Waals surface area contributed by atoms with E-state index in [4.69, 9.17) is 11.6 Å². The number of rotatable bonds is 6. The summed E-state index contributed by atoms with van der Waals surface area (Å²) in [5.74, 6) is -0.0525. The van der Waals surface area contributed by atoms with Crippen LogP contribution in [-0.2, 0) is 6.42 Å². The maximum absolute atomic E-state index is 12.9. The molecule has 1 heterocycles. The molecule has 3 aromatic rings. The maximum Gasteiger partial charge on any atom is 0.275 e. The number of anilines is 2. The van der Waals surface area contributed by atoms with Crippen LogP contribution in [0.5, 0.6) is 0 Å². The van der Waals surface area contributed by atoms with E-state index in [1.165, 1.54) is 24.5 Å². The first-order chi connectivity index (χ1) is 12.6.